The Morgan fingerprint density at radius 2 is 2.26 bits per heavy atom. The first-order valence-electron chi connectivity index (χ1n) is 8.24. The number of carbonyl (C=O) groups excluding carboxylic acids is 1. The van der Waals surface area contributed by atoms with Crippen molar-refractivity contribution in [3.05, 3.63) is 30.0 Å². The van der Waals surface area contributed by atoms with Crippen LogP contribution in [0.5, 0.6) is 5.75 Å². The van der Waals surface area contributed by atoms with E-state index in [9.17, 15) is 4.79 Å². The molecule has 2 N–H and O–H groups in total. The monoisotopic (exact) mass is 316 g/mol. The molecule has 0 spiro atoms. The summed E-state index contributed by atoms with van der Waals surface area (Å²) in [5.74, 6) is 1.44. The predicted molar refractivity (Wildman–Crippen MR) is 89.7 cm³/mol. The van der Waals surface area contributed by atoms with Crippen molar-refractivity contribution in [1.82, 2.24) is 10.3 Å². The van der Waals surface area contributed by atoms with Crippen LogP contribution in [0.1, 0.15) is 25.3 Å². The Labute approximate surface area is 136 Å². The third-order valence-electron chi connectivity index (χ3n) is 4.35. The maximum absolute atomic E-state index is 12.3. The highest BCUT2D eigenvalue weighted by Gasteiger charge is 2.31. The van der Waals surface area contributed by atoms with Crippen LogP contribution in [0.25, 0.3) is 10.9 Å². The first-order valence-corrected chi connectivity index (χ1v) is 8.24. The molecule has 0 saturated heterocycles. The smallest absolute Gasteiger partial charge is 0.224 e. The summed E-state index contributed by atoms with van der Waals surface area (Å²) in [6, 6.07) is 5.88. The number of hydrogen-bond donors (Lipinski definition) is 2. The molecule has 1 atom stereocenters. The van der Waals surface area contributed by atoms with E-state index in [1.54, 1.807) is 7.11 Å². The van der Waals surface area contributed by atoms with Crippen molar-refractivity contribution in [2.45, 2.75) is 32.3 Å². The van der Waals surface area contributed by atoms with Gasteiger partial charge in [-0.2, -0.15) is 0 Å². The van der Waals surface area contributed by atoms with Crippen LogP contribution in [-0.4, -0.2) is 37.3 Å². The normalized spacial score (nSPS) is 15.6. The molecule has 3 rings (SSSR count). The van der Waals surface area contributed by atoms with Crippen LogP contribution < -0.4 is 10.1 Å². The van der Waals surface area contributed by atoms with Gasteiger partial charge >= 0.3 is 0 Å². The molecule has 1 aliphatic rings. The molecule has 0 aliphatic heterocycles. The van der Waals surface area contributed by atoms with Gasteiger partial charge in [0.1, 0.15) is 5.75 Å². The number of hydrogen-bond acceptors (Lipinski definition) is 3. The van der Waals surface area contributed by atoms with Gasteiger partial charge in [-0.1, -0.05) is 6.07 Å². The Kier molecular flexibility index (Phi) is 4.86. The third kappa shape index (κ3) is 3.67. The van der Waals surface area contributed by atoms with Gasteiger partial charge in [-0.05, 0) is 43.4 Å². The van der Waals surface area contributed by atoms with Gasteiger partial charge in [0.25, 0.3) is 0 Å². The molecular weight excluding hydrogens is 292 g/mol. The summed E-state index contributed by atoms with van der Waals surface area (Å²) in [6.45, 7) is 3.15. The van der Waals surface area contributed by atoms with Gasteiger partial charge in [-0.3, -0.25) is 4.79 Å². The molecule has 1 unspecified atom stereocenters. The van der Waals surface area contributed by atoms with Crippen molar-refractivity contribution in [3.63, 3.8) is 0 Å². The van der Waals surface area contributed by atoms with Crippen LogP contribution in [0.4, 0.5) is 0 Å². The zero-order valence-electron chi connectivity index (χ0n) is 13.7. The number of amides is 1. The second-order valence-electron chi connectivity index (χ2n) is 6.02. The maximum atomic E-state index is 12.3. The van der Waals surface area contributed by atoms with Crippen molar-refractivity contribution in [1.29, 1.82) is 0 Å². The molecule has 124 valence electrons. The van der Waals surface area contributed by atoms with E-state index in [1.165, 1.54) is 12.8 Å². The lowest BCUT2D eigenvalue weighted by molar-refractivity contribution is -0.121. The molecule has 0 radical (unpaired) electrons. The quantitative estimate of drug-likeness (QED) is 0.787. The number of methoxy groups -OCH3 is 1. The van der Waals surface area contributed by atoms with E-state index in [0.29, 0.717) is 25.5 Å². The van der Waals surface area contributed by atoms with Gasteiger partial charge in [0.05, 0.1) is 19.1 Å². The number of aromatic nitrogens is 1. The summed E-state index contributed by atoms with van der Waals surface area (Å²) in [4.78, 5) is 15.5. The summed E-state index contributed by atoms with van der Waals surface area (Å²) in [6.07, 6.45) is 4.77. The largest absolute Gasteiger partial charge is 0.493 e. The van der Waals surface area contributed by atoms with Gasteiger partial charge in [0.15, 0.2) is 0 Å². The van der Waals surface area contributed by atoms with Crippen molar-refractivity contribution in [2.75, 3.05) is 20.3 Å². The van der Waals surface area contributed by atoms with Gasteiger partial charge in [0.2, 0.25) is 5.91 Å². The highest BCUT2D eigenvalue weighted by atomic mass is 16.5. The van der Waals surface area contributed by atoms with Crippen LogP contribution in [0.2, 0.25) is 0 Å². The van der Waals surface area contributed by atoms with E-state index in [-0.39, 0.29) is 12.0 Å². The van der Waals surface area contributed by atoms with Crippen LogP contribution >= 0.6 is 0 Å². The minimum atomic E-state index is 0.0138. The van der Waals surface area contributed by atoms with Gasteiger partial charge in [-0.25, -0.2) is 0 Å². The topological polar surface area (TPSA) is 63.4 Å². The van der Waals surface area contributed by atoms with Crippen LogP contribution in [-0.2, 0) is 16.0 Å². The fraction of sp³-hybridized carbons (Fsp3) is 0.500. The molecule has 2 aromatic rings. The van der Waals surface area contributed by atoms with Crippen molar-refractivity contribution in [3.8, 4) is 5.75 Å². The average Bonchev–Trinajstić information content (AvgIpc) is 3.30. The zero-order valence-corrected chi connectivity index (χ0v) is 13.7. The molecule has 1 fully saturated rings. The number of rotatable bonds is 8. The summed E-state index contributed by atoms with van der Waals surface area (Å²) in [5.41, 5.74) is 1.95. The maximum Gasteiger partial charge on any atom is 0.224 e. The highest BCUT2D eigenvalue weighted by Crippen LogP contribution is 2.33. The standard InChI is InChI=1S/C18H24N2O3/c1-3-23-15-6-4-5-14-18(15)13(10-19-14)9-17(21)20-11-16(22-2)12-7-8-12/h4-6,10,12,16,19H,3,7-9,11H2,1-2H3,(H,20,21). The first-order chi connectivity index (χ1) is 11.2. The second-order valence-corrected chi connectivity index (χ2v) is 6.02. The molecule has 1 aromatic carbocycles. The van der Waals surface area contributed by atoms with Crippen molar-refractivity contribution >= 4 is 16.8 Å². The van der Waals surface area contributed by atoms with Gasteiger partial charge in [0, 0.05) is 30.8 Å². The Morgan fingerprint density at radius 3 is 2.96 bits per heavy atom. The summed E-state index contributed by atoms with van der Waals surface area (Å²) >= 11 is 0. The van der Waals surface area contributed by atoms with Crippen molar-refractivity contribution < 1.29 is 14.3 Å². The summed E-state index contributed by atoms with van der Waals surface area (Å²) in [7, 11) is 1.71. The Morgan fingerprint density at radius 1 is 1.43 bits per heavy atom. The minimum absolute atomic E-state index is 0.0138. The molecule has 5 heteroatoms. The molecule has 5 nitrogen and oxygen atoms in total. The highest BCUT2D eigenvalue weighted by molar-refractivity contribution is 5.93. The summed E-state index contributed by atoms with van der Waals surface area (Å²) in [5, 5.41) is 3.99. The van der Waals surface area contributed by atoms with E-state index in [1.807, 2.05) is 31.3 Å². The molecule has 1 aliphatic carbocycles. The minimum Gasteiger partial charge on any atom is -0.493 e. The number of fused-ring (bicyclic) bond motifs is 1. The number of H-pyrrole nitrogens is 1. The van der Waals surface area contributed by atoms with E-state index < -0.39 is 0 Å². The second kappa shape index (κ2) is 7.04. The number of ether oxygens (including phenoxy) is 2. The first kappa shape index (κ1) is 15.9. The van der Waals surface area contributed by atoms with E-state index in [0.717, 1.165) is 22.2 Å². The van der Waals surface area contributed by atoms with Crippen LogP contribution in [0, 0.1) is 5.92 Å². The lowest BCUT2D eigenvalue weighted by Gasteiger charge is -2.15. The summed E-state index contributed by atoms with van der Waals surface area (Å²) < 4.78 is 11.1. The molecule has 23 heavy (non-hydrogen) atoms. The number of carbonyl (C=O) groups is 1. The van der Waals surface area contributed by atoms with E-state index in [4.69, 9.17) is 9.47 Å². The zero-order chi connectivity index (χ0) is 16.2. The average molecular weight is 316 g/mol. The molecule has 1 heterocycles. The van der Waals surface area contributed by atoms with Crippen molar-refractivity contribution in [2.24, 2.45) is 5.92 Å². The lowest BCUT2D eigenvalue weighted by Crippen LogP contribution is -2.35. The Bertz CT molecular complexity index is 676. The fourth-order valence-corrected chi connectivity index (χ4v) is 3.00. The Balaban J connectivity index is 1.67. The van der Waals surface area contributed by atoms with Crippen LogP contribution in [0.3, 0.4) is 0 Å². The van der Waals surface area contributed by atoms with E-state index >= 15 is 0 Å². The molecular formula is C18H24N2O3. The number of aromatic amines is 1. The molecule has 1 aromatic heterocycles. The van der Waals surface area contributed by atoms with E-state index in [2.05, 4.69) is 10.3 Å². The molecule has 1 amide bonds. The molecule has 0 bridgehead atoms. The fourth-order valence-electron chi connectivity index (χ4n) is 3.00. The SMILES string of the molecule is CCOc1cccc2[nH]cc(CC(=O)NCC(OC)C3CC3)c12. The number of benzene rings is 1. The Hall–Kier alpha value is -2.01. The number of nitrogens with one attached hydrogen (secondary N) is 2. The third-order valence-corrected chi connectivity index (χ3v) is 4.35. The predicted octanol–water partition coefficient (Wildman–Crippen LogP) is 2.65. The lowest BCUT2D eigenvalue weighted by atomic mass is 10.1. The van der Waals surface area contributed by atoms with Gasteiger partial charge in [-0.15, -0.1) is 0 Å². The van der Waals surface area contributed by atoms with Gasteiger partial charge < -0.3 is 19.8 Å². The molecule has 1 saturated carbocycles. The van der Waals surface area contributed by atoms with Crippen LogP contribution in [0.15, 0.2) is 24.4 Å².